The second-order valence-corrected chi connectivity index (χ2v) is 3.84. The first-order chi connectivity index (χ1) is 7.70. The number of aromatic amines is 1. The molecule has 1 saturated heterocycles. The summed E-state index contributed by atoms with van der Waals surface area (Å²) in [6, 6.07) is -0.698. The number of hydrogen-bond acceptors (Lipinski definition) is 3. The molecule has 1 amide bonds. The van der Waals surface area contributed by atoms with Gasteiger partial charge in [-0.05, 0) is 19.3 Å². The Hall–Kier alpha value is -1.85. The van der Waals surface area contributed by atoms with Gasteiger partial charge >= 0.3 is 5.97 Å². The number of nitrogens with one attached hydrogen (secondary N) is 1. The quantitative estimate of drug-likeness (QED) is 0.763. The molecular formula is C10H13N3O3. The third-order valence-electron chi connectivity index (χ3n) is 2.79. The molecule has 0 radical (unpaired) electrons. The number of H-pyrrole nitrogens is 1. The lowest BCUT2D eigenvalue weighted by molar-refractivity contribution is -0.143. The molecule has 86 valence electrons. The maximum atomic E-state index is 12.0. The van der Waals surface area contributed by atoms with E-state index >= 15 is 0 Å². The van der Waals surface area contributed by atoms with Crippen LogP contribution in [0.25, 0.3) is 0 Å². The summed E-state index contributed by atoms with van der Waals surface area (Å²) in [7, 11) is 0. The zero-order valence-corrected chi connectivity index (χ0v) is 8.72. The largest absolute Gasteiger partial charge is 0.480 e. The molecule has 16 heavy (non-hydrogen) atoms. The van der Waals surface area contributed by atoms with E-state index in [0.717, 1.165) is 12.8 Å². The van der Waals surface area contributed by atoms with Crippen LogP contribution in [0.5, 0.6) is 0 Å². The highest BCUT2D eigenvalue weighted by molar-refractivity contribution is 5.96. The van der Waals surface area contributed by atoms with Gasteiger partial charge in [0.25, 0.3) is 5.91 Å². The van der Waals surface area contributed by atoms with E-state index in [1.165, 1.54) is 17.3 Å². The summed E-state index contributed by atoms with van der Waals surface area (Å²) in [4.78, 5) is 24.4. The van der Waals surface area contributed by atoms with Crippen molar-refractivity contribution < 1.29 is 14.7 Å². The molecule has 2 rings (SSSR count). The van der Waals surface area contributed by atoms with Gasteiger partial charge in [-0.1, -0.05) is 0 Å². The van der Waals surface area contributed by atoms with E-state index in [0.29, 0.717) is 18.5 Å². The summed E-state index contributed by atoms with van der Waals surface area (Å²) in [5, 5.41) is 15.3. The normalized spacial score (nSPS) is 20.8. The number of nitrogens with zero attached hydrogens (tertiary/aromatic N) is 2. The highest BCUT2D eigenvalue weighted by Crippen LogP contribution is 2.19. The summed E-state index contributed by atoms with van der Waals surface area (Å²) >= 11 is 0. The molecule has 0 bridgehead atoms. The molecule has 0 unspecified atom stereocenters. The van der Waals surface area contributed by atoms with Crippen LogP contribution in [-0.4, -0.2) is 44.7 Å². The van der Waals surface area contributed by atoms with E-state index in [9.17, 15) is 9.59 Å². The average Bonchev–Trinajstić information content (AvgIpc) is 2.81. The zero-order chi connectivity index (χ0) is 11.5. The van der Waals surface area contributed by atoms with Crippen molar-refractivity contribution in [2.24, 2.45) is 0 Å². The lowest BCUT2D eigenvalue weighted by atomic mass is 10.0. The first-order valence-corrected chi connectivity index (χ1v) is 5.22. The predicted molar refractivity (Wildman–Crippen MR) is 54.9 cm³/mol. The Balaban J connectivity index is 2.17. The third kappa shape index (κ3) is 1.91. The Kier molecular flexibility index (Phi) is 2.89. The minimum Gasteiger partial charge on any atom is -0.480 e. The van der Waals surface area contributed by atoms with Gasteiger partial charge in [-0.2, -0.15) is 5.10 Å². The maximum absolute atomic E-state index is 12.0. The van der Waals surface area contributed by atoms with Crippen LogP contribution in [-0.2, 0) is 4.79 Å². The molecule has 1 atom stereocenters. The summed E-state index contributed by atoms with van der Waals surface area (Å²) in [6.07, 6.45) is 5.13. The van der Waals surface area contributed by atoms with Gasteiger partial charge in [0.2, 0.25) is 0 Å². The summed E-state index contributed by atoms with van der Waals surface area (Å²) in [5.74, 6) is -1.20. The van der Waals surface area contributed by atoms with Crippen LogP contribution in [0.4, 0.5) is 0 Å². The van der Waals surface area contributed by atoms with Gasteiger partial charge < -0.3 is 10.0 Å². The minimum absolute atomic E-state index is 0.263. The number of aliphatic carboxylic acids is 1. The van der Waals surface area contributed by atoms with Gasteiger partial charge in [-0.3, -0.25) is 9.89 Å². The van der Waals surface area contributed by atoms with Gasteiger partial charge in [0.05, 0.1) is 11.8 Å². The molecule has 1 aliphatic heterocycles. The standard InChI is InChI=1S/C10H13N3O3/c14-9(7-5-11-12-6-7)13-4-2-1-3-8(13)10(15)16/h5-6,8H,1-4H2,(H,11,12)(H,15,16)/t8-/m0/s1. The van der Waals surface area contributed by atoms with E-state index in [1.54, 1.807) is 0 Å². The third-order valence-corrected chi connectivity index (χ3v) is 2.79. The molecule has 0 spiro atoms. The van der Waals surface area contributed by atoms with Crippen LogP contribution in [0.3, 0.4) is 0 Å². The molecule has 1 aromatic rings. The van der Waals surface area contributed by atoms with Crippen LogP contribution in [0.15, 0.2) is 12.4 Å². The lowest BCUT2D eigenvalue weighted by Crippen LogP contribution is -2.47. The van der Waals surface area contributed by atoms with Crippen molar-refractivity contribution in [3.63, 3.8) is 0 Å². The Morgan fingerprint density at radius 3 is 2.94 bits per heavy atom. The van der Waals surface area contributed by atoms with Crippen molar-refractivity contribution in [2.45, 2.75) is 25.3 Å². The monoisotopic (exact) mass is 223 g/mol. The van der Waals surface area contributed by atoms with Crippen molar-refractivity contribution in [1.82, 2.24) is 15.1 Å². The van der Waals surface area contributed by atoms with E-state index in [-0.39, 0.29) is 5.91 Å². The molecule has 1 aliphatic rings. The van der Waals surface area contributed by atoms with Gasteiger partial charge in [-0.15, -0.1) is 0 Å². The zero-order valence-electron chi connectivity index (χ0n) is 8.72. The molecule has 0 aliphatic carbocycles. The Labute approximate surface area is 92.3 Å². The van der Waals surface area contributed by atoms with E-state index < -0.39 is 12.0 Å². The highest BCUT2D eigenvalue weighted by atomic mass is 16.4. The summed E-state index contributed by atoms with van der Waals surface area (Å²) in [6.45, 7) is 0.501. The van der Waals surface area contributed by atoms with Crippen molar-refractivity contribution in [3.05, 3.63) is 18.0 Å². The number of piperidine rings is 1. The van der Waals surface area contributed by atoms with E-state index in [1.807, 2.05) is 0 Å². The van der Waals surface area contributed by atoms with E-state index in [4.69, 9.17) is 5.11 Å². The smallest absolute Gasteiger partial charge is 0.326 e. The lowest BCUT2D eigenvalue weighted by Gasteiger charge is -2.32. The molecule has 6 heteroatoms. The molecule has 0 saturated carbocycles. The second-order valence-electron chi connectivity index (χ2n) is 3.84. The molecule has 6 nitrogen and oxygen atoms in total. The minimum atomic E-state index is -0.934. The van der Waals surface area contributed by atoms with Crippen LogP contribution in [0.2, 0.25) is 0 Å². The fraction of sp³-hybridized carbons (Fsp3) is 0.500. The average molecular weight is 223 g/mol. The van der Waals surface area contributed by atoms with Gasteiger partial charge in [0.15, 0.2) is 0 Å². The van der Waals surface area contributed by atoms with Gasteiger partial charge in [0.1, 0.15) is 6.04 Å². The Bertz CT molecular complexity index is 388. The summed E-state index contributed by atoms with van der Waals surface area (Å²) < 4.78 is 0. The van der Waals surface area contributed by atoms with Crippen molar-refractivity contribution in [1.29, 1.82) is 0 Å². The first kappa shape index (κ1) is 10.7. The fourth-order valence-electron chi connectivity index (χ4n) is 1.97. The predicted octanol–water partition coefficient (Wildman–Crippen LogP) is 0.489. The first-order valence-electron chi connectivity index (χ1n) is 5.22. The Morgan fingerprint density at radius 1 is 1.50 bits per heavy atom. The molecule has 2 N–H and O–H groups in total. The van der Waals surface area contributed by atoms with Crippen molar-refractivity contribution in [3.8, 4) is 0 Å². The summed E-state index contributed by atoms with van der Waals surface area (Å²) in [5.41, 5.74) is 0.410. The number of carbonyl (C=O) groups excluding carboxylic acids is 1. The number of carbonyl (C=O) groups is 2. The van der Waals surface area contributed by atoms with Gasteiger partial charge in [-0.25, -0.2) is 4.79 Å². The number of rotatable bonds is 2. The molecular weight excluding hydrogens is 210 g/mol. The highest BCUT2D eigenvalue weighted by Gasteiger charge is 2.32. The second kappa shape index (κ2) is 4.34. The molecule has 2 heterocycles. The van der Waals surface area contributed by atoms with Gasteiger partial charge in [0, 0.05) is 12.7 Å². The topological polar surface area (TPSA) is 86.3 Å². The molecule has 1 fully saturated rings. The SMILES string of the molecule is O=C(O)[C@@H]1CCCCN1C(=O)c1cn[nH]c1. The van der Waals surface area contributed by atoms with Crippen LogP contribution in [0, 0.1) is 0 Å². The number of likely N-dealkylation sites (tertiary alicyclic amines) is 1. The number of aromatic nitrogens is 2. The number of carboxylic acid groups (broad SMARTS) is 1. The van der Waals surface area contributed by atoms with Crippen LogP contribution in [0.1, 0.15) is 29.6 Å². The maximum Gasteiger partial charge on any atom is 0.326 e. The van der Waals surface area contributed by atoms with Crippen molar-refractivity contribution in [2.75, 3.05) is 6.54 Å². The van der Waals surface area contributed by atoms with Crippen LogP contribution >= 0.6 is 0 Å². The van der Waals surface area contributed by atoms with Crippen LogP contribution < -0.4 is 0 Å². The number of carboxylic acids is 1. The fourth-order valence-corrected chi connectivity index (χ4v) is 1.97. The molecule has 1 aromatic heterocycles. The number of amides is 1. The van der Waals surface area contributed by atoms with E-state index in [2.05, 4.69) is 10.2 Å². The van der Waals surface area contributed by atoms with Crippen molar-refractivity contribution >= 4 is 11.9 Å². The Morgan fingerprint density at radius 2 is 2.31 bits per heavy atom. The molecule has 0 aromatic carbocycles. The number of hydrogen-bond donors (Lipinski definition) is 2.